The summed E-state index contributed by atoms with van der Waals surface area (Å²) in [5.74, 6) is -1.03. The summed E-state index contributed by atoms with van der Waals surface area (Å²) in [6.45, 7) is 7.04. The zero-order valence-corrected chi connectivity index (χ0v) is 12.0. The van der Waals surface area contributed by atoms with Gasteiger partial charge < -0.3 is 5.11 Å². The van der Waals surface area contributed by atoms with Gasteiger partial charge in [0.25, 0.3) is 5.56 Å². The quantitative estimate of drug-likeness (QED) is 0.914. The molecule has 2 aromatic rings. The maximum Gasteiger partial charge on any atom is 0.337 e. The SMILES string of the molecule is Cc1cc(=O)n(-c2nc(C)c(C)s2)c(C)c1C(=O)O. The van der Waals surface area contributed by atoms with Crippen LogP contribution < -0.4 is 5.56 Å². The Balaban J connectivity index is 2.81. The van der Waals surface area contributed by atoms with E-state index in [0.717, 1.165) is 10.6 Å². The molecule has 0 saturated heterocycles. The predicted octanol–water partition coefficient (Wildman–Crippen LogP) is 2.23. The van der Waals surface area contributed by atoms with Gasteiger partial charge >= 0.3 is 5.97 Å². The van der Waals surface area contributed by atoms with Crippen LogP contribution in [0.3, 0.4) is 0 Å². The minimum atomic E-state index is -1.03. The van der Waals surface area contributed by atoms with Crippen LogP contribution in [0, 0.1) is 27.7 Å². The first-order valence-corrected chi connectivity index (χ1v) is 6.55. The Labute approximate surface area is 114 Å². The lowest BCUT2D eigenvalue weighted by molar-refractivity contribution is 0.0694. The van der Waals surface area contributed by atoms with Crippen molar-refractivity contribution in [2.45, 2.75) is 27.7 Å². The molecule has 0 aliphatic rings. The molecule has 0 fully saturated rings. The van der Waals surface area contributed by atoms with E-state index in [-0.39, 0.29) is 11.1 Å². The van der Waals surface area contributed by atoms with Gasteiger partial charge in [-0.3, -0.25) is 9.36 Å². The molecule has 0 aliphatic carbocycles. The number of aryl methyl sites for hydroxylation is 3. The van der Waals surface area contributed by atoms with E-state index in [0.29, 0.717) is 16.4 Å². The van der Waals surface area contributed by atoms with Gasteiger partial charge in [-0.2, -0.15) is 0 Å². The molecule has 0 spiro atoms. The highest BCUT2D eigenvalue weighted by Crippen LogP contribution is 2.22. The summed E-state index contributed by atoms with van der Waals surface area (Å²) in [6, 6.07) is 1.34. The van der Waals surface area contributed by atoms with E-state index in [1.807, 2.05) is 13.8 Å². The number of carboxylic acids is 1. The molecule has 6 heteroatoms. The fourth-order valence-corrected chi connectivity index (χ4v) is 2.96. The smallest absolute Gasteiger partial charge is 0.337 e. The van der Waals surface area contributed by atoms with Crippen LogP contribution in [-0.4, -0.2) is 20.6 Å². The van der Waals surface area contributed by atoms with Crippen molar-refractivity contribution < 1.29 is 9.90 Å². The van der Waals surface area contributed by atoms with Crippen LogP contribution in [0.2, 0.25) is 0 Å². The molecule has 5 nitrogen and oxygen atoms in total. The maximum absolute atomic E-state index is 12.1. The second-order valence-corrected chi connectivity index (χ2v) is 5.59. The van der Waals surface area contributed by atoms with E-state index in [1.54, 1.807) is 13.8 Å². The standard InChI is InChI=1S/C13H14N2O3S/c1-6-5-10(16)15(8(3)11(6)12(17)18)13-14-7(2)9(4)19-13/h5H,1-4H3,(H,17,18). The molecule has 0 bridgehead atoms. The number of nitrogens with zero attached hydrogens (tertiary/aromatic N) is 2. The molecule has 1 N–H and O–H groups in total. The number of carbonyl (C=O) groups is 1. The Morgan fingerprint density at radius 2 is 1.95 bits per heavy atom. The zero-order chi connectivity index (χ0) is 14.3. The van der Waals surface area contributed by atoms with Crippen LogP contribution in [0.5, 0.6) is 0 Å². The van der Waals surface area contributed by atoms with Gasteiger partial charge in [-0.1, -0.05) is 0 Å². The highest BCUT2D eigenvalue weighted by molar-refractivity contribution is 7.14. The van der Waals surface area contributed by atoms with Crippen molar-refractivity contribution in [2.24, 2.45) is 0 Å². The molecule has 2 heterocycles. The van der Waals surface area contributed by atoms with Gasteiger partial charge in [0, 0.05) is 16.6 Å². The van der Waals surface area contributed by atoms with Crippen LogP contribution >= 0.6 is 11.3 Å². The lowest BCUT2D eigenvalue weighted by atomic mass is 10.1. The summed E-state index contributed by atoms with van der Waals surface area (Å²) >= 11 is 1.38. The number of aromatic carboxylic acids is 1. The Bertz CT molecular complexity index is 709. The Morgan fingerprint density at radius 3 is 2.42 bits per heavy atom. The van der Waals surface area contributed by atoms with Gasteiger partial charge in [0.15, 0.2) is 5.13 Å². The first-order valence-electron chi connectivity index (χ1n) is 5.74. The molecule has 0 amide bonds. The van der Waals surface area contributed by atoms with Crippen molar-refractivity contribution in [3.05, 3.63) is 43.8 Å². The second-order valence-electron chi connectivity index (χ2n) is 4.40. The van der Waals surface area contributed by atoms with Crippen molar-refractivity contribution in [3.63, 3.8) is 0 Å². The molecule has 0 radical (unpaired) electrons. The normalized spacial score (nSPS) is 10.7. The second kappa shape index (κ2) is 4.62. The van der Waals surface area contributed by atoms with Gasteiger partial charge in [0.2, 0.25) is 0 Å². The van der Waals surface area contributed by atoms with E-state index in [4.69, 9.17) is 0 Å². The van der Waals surface area contributed by atoms with Crippen LogP contribution in [0.4, 0.5) is 0 Å². The number of thiazole rings is 1. The van der Waals surface area contributed by atoms with Crippen LogP contribution in [0.15, 0.2) is 10.9 Å². The predicted molar refractivity (Wildman–Crippen MR) is 73.6 cm³/mol. The molecule has 0 atom stereocenters. The number of carboxylic acid groups (broad SMARTS) is 1. The summed E-state index contributed by atoms with van der Waals surface area (Å²) in [7, 11) is 0. The molecule has 19 heavy (non-hydrogen) atoms. The van der Waals surface area contributed by atoms with Gasteiger partial charge in [-0.15, -0.1) is 11.3 Å². The van der Waals surface area contributed by atoms with Gasteiger partial charge in [-0.25, -0.2) is 9.78 Å². The van der Waals surface area contributed by atoms with Gasteiger partial charge in [-0.05, 0) is 33.3 Å². The van der Waals surface area contributed by atoms with Crippen molar-refractivity contribution in [3.8, 4) is 5.13 Å². The molecule has 0 saturated carbocycles. The lowest BCUT2D eigenvalue weighted by Crippen LogP contribution is -2.24. The number of rotatable bonds is 2. The van der Waals surface area contributed by atoms with Crippen molar-refractivity contribution in [1.82, 2.24) is 9.55 Å². The summed E-state index contributed by atoms with van der Waals surface area (Å²) in [5, 5.41) is 9.75. The van der Waals surface area contributed by atoms with E-state index >= 15 is 0 Å². The molecular weight excluding hydrogens is 264 g/mol. The molecule has 0 aromatic carbocycles. The van der Waals surface area contributed by atoms with E-state index < -0.39 is 5.97 Å². The highest BCUT2D eigenvalue weighted by atomic mass is 32.1. The van der Waals surface area contributed by atoms with Crippen molar-refractivity contribution in [1.29, 1.82) is 0 Å². The van der Waals surface area contributed by atoms with E-state index in [9.17, 15) is 14.7 Å². The van der Waals surface area contributed by atoms with E-state index in [2.05, 4.69) is 4.98 Å². The van der Waals surface area contributed by atoms with Gasteiger partial charge in [0.1, 0.15) is 0 Å². The third kappa shape index (κ3) is 2.19. The fraction of sp³-hybridized carbons (Fsp3) is 0.308. The fourth-order valence-electron chi connectivity index (χ4n) is 2.00. The van der Waals surface area contributed by atoms with Crippen molar-refractivity contribution in [2.75, 3.05) is 0 Å². The summed E-state index contributed by atoms with van der Waals surface area (Å²) in [4.78, 5) is 28.7. The number of aromatic nitrogens is 2. The largest absolute Gasteiger partial charge is 0.478 e. The number of hydrogen-bond donors (Lipinski definition) is 1. The highest BCUT2D eigenvalue weighted by Gasteiger charge is 2.18. The average molecular weight is 278 g/mol. The third-order valence-corrected chi connectivity index (χ3v) is 4.13. The Morgan fingerprint density at radius 1 is 1.32 bits per heavy atom. The molecule has 0 aliphatic heterocycles. The summed E-state index contributed by atoms with van der Waals surface area (Å²) in [5.41, 5.74) is 1.63. The molecular formula is C13H14N2O3S. The van der Waals surface area contributed by atoms with Gasteiger partial charge in [0.05, 0.1) is 11.3 Å². The monoisotopic (exact) mass is 278 g/mol. The zero-order valence-electron chi connectivity index (χ0n) is 11.1. The Kier molecular flexibility index (Phi) is 3.28. The Hall–Kier alpha value is -1.95. The summed E-state index contributed by atoms with van der Waals surface area (Å²) in [6.07, 6.45) is 0. The topological polar surface area (TPSA) is 72.2 Å². The van der Waals surface area contributed by atoms with Crippen LogP contribution in [0.1, 0.15) is 32.2 Å². The van der Waals surface area contributed by atoms with Crippen molar-refractivity contribution >= 4 is 17.3 Å². The number of hydrogen-bond acceptors (Lipinski definition) is 4. The number of pyridine rings is 1. The molecule has 100 valence electrons. The average Bonchev–Trinajstić information content (AvgIpc) is 2.57. The molecule has 2 rings (SSSR count). The summed E-state index contributed by atoms with van der Waals surface area (Å²) < 4.78 is 1.36. The minimum Gasteiger partial charge on any atom is -0.478 e. The lowest BCUT2D eigenvalue weighted by Gasteiger charge is -2.11. The first-order chi connectivity index (χ1) is 8.82. The maximum atomic E-state index is 12.1. The molecule has 2 aromatic heterocycles. The van der Waals surface area contributed by atoms with E-state index in [1.165, 1.54) is 22.0 Å². The molecule has 0 unspecified atom stereocenters. The third-order valence-electron chi connectivity index (χ3n) is 3.07. The van der Waals surface area contributed by atoms with Crippen LogP contribution in [-0.2, 0) is 0 Å². The van der Waals surface area contributed by atoms with Crippen LogP contribution in [0.25, 0.3) is 5.13 Å². The minimum absolute atomic E-state index is 0.158. The first kappa shape index (κ1) is 13.5.